The molecule has 1 aromatic rings. The fourth-order valence-corrected chi connectivity index (χ4v) is 2.18. The highest BCUT2D eigenvalue weighted by atomic mass is 16.5. The third-order valence-electron chi connectivity index (χ3n) is 3.36. The van der Waals surface area contributed by atoms with Crippen LogP contribution in [0.2, 0.25) is 0 Å². The summed E-state index contributed by atoms with van der Waals surface area (Å²) in [5, 5.41) is 11.5. The average molecular weight is 292 g/mol. The van der Waals surface area contributed by atoms with Crippen molar-refractivity contribution in [1.82, 2.24) is 0 Å². The van der Waals surface area contributed by atoms with Crippen LogP contribution in [0.15, 0.2) is 18.2 Å². The number of aryl methyl sites for hydroxylation is 1. The zero-order valence-electron chi connectivity index (χ0n) is 11.5. The number of benzene rings is 1. The lowest BCUT2D eigenvalue weighted by Crippen LogP contribution is -2.30. The summed E-state index contributed by atoms with van der Waals surface area (Å²) in [5.41, 5.74) is 6.75. The van der Waals surface area contributed by atoms with E-state index in [1.807, 2.05) is 0 Å². The Bertz CT molecular complexity index is 599. The summed E-state index contributed by atoms with van der Waals surface area (Å²) in [6, 6.07) is 4.67. The Balaban J connectivity index is 2.03. The number of aliphatic carboxylic acids is 1. The Kier molecular flexibility index (Phi) is 4.23. The molecular formula is C14H16N2O5. The number of anilines is 1. The van der Waals surface area contributed by atoms with Gasteiger partial charge < -0.3 is 20.9 Å². The number of carboxylic acid groups (broad SMARTS) is 1. The minimum absolute atomic E-state index is 0.313. The first-order chi connectivity index (χ1) is 9.88. The number of carbonyl (C=O) groups is 3. The van der Waals surface area contributed by atoms with Crippen LogP contribution in [0.4, 0.5) is 5.69 Å². The van der Waals surface area contributed by atoms with Gasteiger partial charge in [-0.05, 0) is 43.5 Å². The molecule has 2 rings (SSSR count). The zero-order valence-corrected chi connectivity index (χ0v) is 11.5. The van der Waals surface area contributed by atoms with Crippen molar-refractivity contribution in [2.45, 2.75) is 32.0 Å². The summed E-state index contributed by atoms with van der Waals surface area (Å²) < 4.78 is 5.17. The fraction of sp³-hybridized carbons (Fsp3) is 0.357. The molecule has 7 heteroatoms. The highest BCUT2D eigenvalue weighted by Gasteiger charge is 2.34. The number of ether oxygens (including phenoxy) is 1. The molecule has 0 bridgehead atoms. The van der Waals surface area contributed by atoms with Crippen molar-refractivity contribution in [1.29, 1.82) is 0 Å². The lowest BCUT2D eigenvalue weighted by atomic mass is 10.1. The van der Waals surface area contributed by atoms with Gasteiger partial charge in [0.25, 0.3) is 5.91 Å². The summed E-state index contributed by atoms with van der Waals surface area (Å²) in [5.74, 6) is -2.00. The molecule has 0 aromatic heterocycles. The second-order valence-electron chi connectivity index (χ2n) is 4.91. The van der Waals surface area contributed by atoms with Gasteiger partial charge in [-0.2, -0.15) is 0 Å². The van der Waals surface area contributed by atoms with Crippen molar-refractivity contribution in [3.8, 4) is 0 Å². The van der Waals surface area contributed by atoms with E-state index in [4.69, 9.17) is 15.6 Å². The molecule has 21 heavy (non-hydrogen) atoms. The molecule has 0 unspecified atom stereocenters. The lowest BCUT2D eigenvalue weighted by molar-refractivity contribution is -0.150. The molecule has 1 aliphatic rings. The van der Waals surface area contributed by atoms with Crippen LogP contribution in [0.25, 0.3) is 0 Å². The summed E-state index contributed by atoms with van der Waals surface area (Å²) in [6.45, 7) is 1.73. The van der Waals surface area contributed by atoms with Gasteiger partial charge in [0, 0.05) is 11.3 Å². The van der Waals surface area contributed by atoms with Crippen molar-refractivity contribution in [3.05, 3.63) is 29.3 Å². The topological polar surface area (TPSA) is 119 Å². The second-order valence-corrected chi connectivity index (χ2v) is 4.91. The number of carboxylic acids is 1. The monoisotopic (exact) mass is 292 g/mol. The van der Waals surface area contributed by atoms with Crippen molar-refractivity contribution in [3.63, 3.8) is 0 Å². The van der Waals surface area contributed by atoms with Gasteiger partial charge in [0.05, 0.1) is 0 Å². The number of nitrogens with one attached hydrogen (secondary N) is 1. The molecule has 2 amide bonds. The normalized spacial score (nSPS) is 21.0. The van der Waals surface area contributed by atoms with Crippen molar-refractivity contribution < 1.29 is 24.2 Å². The maximum atomic E-state index is 12.0. The molecule has 112 valence electrons. The fourth-order valence-electron chi connectivity index (χ4n) is 2.18. The van der Waals surface area contributed by atoms with Gasteiger partial charge in [0.15, 0.2) is 6.10 Å². The summed E-state index contributed by atoms with van der Waals surface area (Å²) >= 11 is 0. The predicted molar refractivity (Wildman–Crippen MR) is 73.9 cm³/mol. The van der Waals surface area contributed by atoms with E-state index in [0.29, 0.717) is 29.7 Å². The predicted octanol–water partition coefficient (Wildman–Crippen LogP) is 0.665. The first-order valence-electron chi connectivity index (χ1n) is 6.48. The summed E-state index contributed by atoms with van der Waals surface area (Å²) in [7, 11) is 0. The van der Waals surface area contributed by atoms with Crippen LogP contribution in [0.3, 0.4) is 0 Å². The van der Waals surface area contributed by atoms with Gasteiger partial charge in [0.1, 0.15) is 6.10 Å². The number of rotatable bonds is 4. The van der Waals surface area contributed by atoms with Gasteiger partial charge >= 0.3 is 5.97 Å². The van der Waals surface area contributed by atoms with Crippen LogP contribution in [0.1, 0.15) is 28.8 Å². The van der Waals surface area contributed by atoms with Crippen LogP contribution < -0.4 is 11.1 Å². The van der Waals surface area contributed by atoms with Gasteiger partial charge in [-0.25, -0.2) is 4.79 Å². The Hall–Kier alpha value is -2.41. The minimum atomic E-state index is -1.06. The van der Waals surface area contributed by atoms with Crippen LogP contribution in [-0.4, -0.2) is 35.1 Å². The standard InChI is InChI=1S/C14H16N2O5/c1-7-6-8(12(15)17)2-3-9(7)16-13(18)10-4-5-11(21-10)14(19)20/h2-3,6,10-11H,4-5H2,1H3,(H2,15,17)(H,16,18)(H,19,20)/t10-,11+/m0/s1. The van der Waals surface area contributed by atoms with Crippen molar-refractivity contribution >= 4 is 23.5 Å². The SMILES string of the molecule is Cc1cc(C(N)=O)ccc1NC(=O)[C@@H]1CC[C@H](C(=O)O)O1. The zero-order chi connectivity index (χ0) is 15.6. The van der Waals surface area contributed by atoms with E-state index in [1.54, 1.807) is 19.1 Å². The minimum Gasteiger partial charge on any atom is -0.479 e. The smallest absolute Gasteiger partial charge is 0.332 e. The Morgan fingerprint density at radius 2 is 1.95 bits per heavy atom. The quantitative estimate of drug-likeness (QED) is 0.753. The van der Waals surface area contributed by atoms with Gasteiger partial charge in [-0.1, -0.05) is 0 Å². The largest absolute Gasteiger partial charge is 0.479 e. The van der Waals surface area contributed by atoms with Gasteiger partial charge in [-0.3, -0.25) is 9.59 Å². The molecule has 0 radical (unpaired) electrons. The average Bonchev–Trinajstić information content (AvgIpc) is 2.90. The van der Waals surface area contributed by atoms with Crippen LogP contribution in [-0.2, 0) is 14.3 Å². The van der Waals surface area contributed by atoms with Crippen LogP contribution in [0, 0.1) is 6.92 Å². The molecule has 7 nitrogen and oxygen atoms in total. The van der Waals surface area contributed by atoms with Gasteiger partial charge in [-0.15, -0.1) is 0 Å². The number of hydrogen-bond acceptors (Lipinski definition) is 4. The molecule has 4 N–H and O–H groups in total. The highest BCUT2D eigenvalue weighted by molar-refractivity contribution is 5.97. The first kappa shape index (κ1) is 15.0. The molecule has 0 saturated carbocycles. The lowest BCUT2D eigenvalue weighted by Gasteiger charge is -2.13. The highest BCUT2D eigenvalue weighted by Crippen LogP contribution is 2.23. The van der Waals surface area contributed by atoms with E-state index in [9.17, 15) is 14.4 Å². The van der Waals surface area contributed by atoms with Crippen molar-refractivity contribution in [2.75, 3.05) is 5.32 Å². The third-order valence-corrected chi connectivity index (χ3v) is 3.36. The Morgan fingerprint density at radius 3 is 2.48 bits per heavy atom. The number of nitrogens with two attached hydrogens (primary N) is 1. The third kappa shape index (κ3) is 3.38. The van der Waals surface area contributed by atoms with E-state index in [2.05, 4.69) is 5.32 Å². The maximum absolute atomic E-state index is 12.0. The van der Waals surface area contributed by atoms with E-state index < -0.39 is 30.0 Å². The van der Waals surface area contributed by atoms with E-state index in [-0.39, 0.29) is 0 Å². The molecule has 1 fully saturated rings. The number of carbonyl (C=O) groups excluding carboxylic acids is 2. The molecule has 1 heterocycles. The summed E-state index contributed by atoms with van der Waals surface area (Å²) in [6.07, 6.45) is -1.03. The van der Waals surface area contributed by atoms with Crippen molar-refractivity contribution in [2.24, 2.45) is 5.73 Å². The molecule has 1 aromatic carbocycles. The molecule has 2 atom stereocenters. The molecule has 1 saturated heterocycles. The Morgan fingerprint density at radius 1 is 1.29 bits per heavy atom. The molecule has 1 aliphatic heterocycles. The first-order valence-corrected chi connectivity index (χ1v) is 6.48. The molecular weight excluding hydrogens is 276 g/mol. The molecule has 0 spiro atoms. The molecule has 0 aliphatic carbocycles. The van der Waals surface area contributed by atoms with Crippen LogP contribution in [0.5, 0.6) is 0 Å². The maximum Gasteiger partial charge on any atom is 0.332 e. The number of amides is 2. The second kappa shape index (κ2) is 5.92. The number of hydrogen-bond donors (Lipinski definition) is 3. The van der Waals surface area contributed by atoms with E-state index >= 15 is 0 Å². The number of primary amides is 1. The van der Waals surface area contributed by atoms with E-state index in [0.717, 1.165) is 0 Å². The summed E-state index contributed by atoms with van der Waals surface area (Å²) in [4.78, 5) is 33.9. The van der Waals surface area contributed by atoms with E-state index in [1.165, 1.54) is 6.07 Å². The van der Waals surface area contributed by atoms with Crippen LogP contribution >= 0.6 is 0 Å². The van der Waals surface area contributed by atoms with Gasteiger partial charge in [0.2, 0.25) is 5.91 Å². The Labute approximate surface area is 121 Å².